The van der Waals surface area contributed by atoms with Gasteiger partial charge in [-0.25, -0.2) is 8.42 Å². The van der Waals surface area contributed by atoms with Crippen molar-refractivity contribution in [2.24, 2.45) is 0 Å². The molecule has 2 aromatic rings. The van der Waals surface area contributed by atoms with Crippen LogP contribution in [0.15, 0.2) is 70.3 Å². The van der Waals surface area contributed by atoms with Crippen LogP contribution in [0.3, 0.4) is 0 Å². The van der Waals surface area contributed by atoms with E-state index in [1.54, 1.807) is 7.11 Å². The molecule has 2 aromatic carbocycles. The third-order valence-corrected chi connectivity index (χ3v) is 8.57. The minimum absolute atomic E-state index is 0.0124. The summed E-state index contributed by atoms with van der Waals surface area (Å²) in [6.07, 6.45) is -2.73. The Morgan fingerprint density at radius 1 is 1.15 bits per heavy atom. The first-order valence-corrected chi connectivity index (χ1v) is 13.6. The second-order valence-electron chi connectivity index (χ2n) is 8.92. The topological polar surface area (TPSA) is 94.2 Å². The number of fused-ring (bicyclic) bond motifs is 1. The van der Waals surface area contributed by atoms with E-state index in [2.05, 4.69) is 10.1 Å². The van der Waals surface area contributed by atoms with Gasteiger partial charge in [0, 0.05) is 32.6 Å². The number of hydrogen-bond acceptors (Lipinski definition) is 6. The average Bonchev–Trinajstić information content (AvgIpc) is 2.87. The van der Waals surface area contributed by atoms with Crippen molar-refractivity contribution >= 4 is 33.2 Å². The van der Waals surface area contributed by atoms with Crippen LogP contribution >= 0.6 is 11.6 Å². The van der Waals surface area contributed by atoms with Gasteiger partial charge in [0.1, 0.15) is 11.5 Å². The Labute approximate surface area is 229 Å². The number of rotatable bonds is 7. The van der Waals surface area contributed by atoms with E-state index in [0.717, 1.165) is 11.6 Å². The molecule has 1 aliphatic carbocycles. The highest BCUT2D eigenvalue weighted by Gasteiger charge is 2.43. The molecule has 2 atom stereocenters. The van der Waals surface area contributed by atoms with Gasteiger partial charge in [0.25, 0.3) is 0 Å². The molecule has 0 spiro atoms. The van der Waals surface area contributed by atoms with E-state index >= 15 is 0 Å². The first kappa shape index (κ1) is 28.9. The zero-order chi connectivity index (χ0) is 28.5. The highest BCUT2D eigenvalue weighted by molar-refractivity contribution is 7.89. The predicted octanol–water partition coefficient (Wildman–Crippen LogP) is 5.58. The van der Waals surface area contributed by atoms with Crippen LogP contribution in [0.5, 0.6) is 5.75 Å². The number of alkyl halides is 3. The number of methoxy groups -OCH3 is 2. The van der Waals surface area contributed by atoms with Gasteiger partial charge in [0.15, 0.2) is 0 Å². The fourth-order valence-electron chi connectivity index (χ4n) is 4.80. The standard InChI is InChI=1S/C26H26ClF3N2O6S/c1-15(33)31-22-8-7-20(14-21(22)27)39(34,35)32-10-9-16-11-19(36-2)13-23(37-3)24(16)25(32)17-5-4-6-18(12-17)38-26(28,29)30/h4-8,11-12,14,19,25H,9-10,13H2,1-3H3,(H,31,33). The summed E-state index contributed by atoms with van der Waals surface area (Å²) in [5.74, 6) is -0.402. The van der Waals surface area contributed by atoms with Crippen molar-refractivity contribution in [1.82, 2.24) is 4.31 Å². The maximum Gasteiger partial charge on any atom is 0.573 e. The van der Waals surface area contributed by atoms with Crippen molar-refractivity contribution in [3.05, 3.63) is 76.0 Å². The minimum atomic E-state index is -4.93. The fourth-order valence-corrected chi connectivity index (χ4v) is 6.70. The van der Waals surface area contributed by atoms with E-state index in [0.29, 0.717) is 24.2 Å². The number of ether oxygens (including phenoxy) is 3. The molecule has 1 amide bonds. The summed E-state index contributed by atoms with van der Waals surface area (Å²) in [5, 5.41) is 2.53. The van der Waals surface area contributed by atoms with Crippen LogP contribution in [0.4, 0.5) is 18.9 Å². The van der Waals surface area contributed by atoms with E-state index in [1.807, 2.05) is 6.08 Å². The third-order valence-electron chi connectivity index (χ3n) is 6.40. The van der Waals surface area contributed by atoms with Crippen LogP contribution in [0.25, 0.3) is 0 Å². The maximum absolute atomic E-state index is 14.0. The Balaban J connectivity index is 1.86. The van der Waals surface area contributed by atoms with E-state index < -0.39 is 28.2 Å². The third kappa shape index (κ3) is 6.24. The summed E-state index contributed by atoms with van der Waals surface area (Å²) in [7, 11) is -1.26. The van der Waals surface area contributed by atoms with Crippen LogP contribution in [0.2, 0.25) is 5.02 Å². The van der Waals surface area contributed by atoms with E-state index in [9.17, 15) is 26.4 Å². The summed E-state index contributed by atoms with van der Waals surface area (Å²) in [5.41, 5.74) is 1.81. The highest BCUT2D eigenvalue weighted by Crippen LogP contribution is 2.47. The summed E-state index contributed by atoms with van der Waals surface area (Å²) >= 11 is 6.27. The molecule has 0 saturated carbocycles. The number of carbonyl (C=O) groups excluding carboxylic acids is 1. The molecule has 1 heterocycles. The molecule has 1 N–H and O–H groups in total. The van der Waals surface area contributed by atoms with Crippen LogP contribution in [-0.4, -0.2) is 51.9 Å². The molecule has 8 nitrogen and oxygen atoms in total. The molecule has 1 aliphatic heterocycles. The summed E-state index contributed by atoms with van der Waals surface area (Å²) in [4.78, 5) is 11.3. The number of nitrogens with one attached hydrogen (secondary N) is 1. The summed E-state index contributed by atoms with van der Waals surface area (Å²) < 4.78 is 83.5. The molecule has 13 heteroatoms. The molecule has 210 valence electrons. The molecule has 2 unspecified atom stereocenters. The van der Waals surface area contributed by atoms with E-state index in [1.165, 1.54) is 54.7 Å². The average molecular weight is 587 g/mol. The van der Waals surface area contributed by atoms with Gasteiger partial charge < -0.3 is 19.5 Å². The number of benzene rings is 2. The number of anilines is 1. The smallest absolute Gasteiger partial charge is 0.501 e. The molecule has 0 radical (unpaired) electrons. The molecule has 1 saturated heterocycles. The van der Waals surface area contributed by atoms with E-state index in [4.69, 9.17) is 21.1 Å². The lowest BCUT2D eigenvalue weighted by Gasteiger charge is -2.41. The van der Waals surface area contributed by atoms with Crippen LogP contribution in [0.1, 0.15) is 31.4 Å². The molecule has 4 rings (SSSR count). The quantitative estimate of drug-likeness (QED) is 0.455. The fraction of sp³-hybridized carbons (Fsp3) is 0.346. The molecule has 39 heavy (non-hydrogen) atoms. The van der Waals surface area contributed by atoms with Crippen molar-refractivity contribution < 1.29 is 40.6 Å². The lowest BCUT2D eigenvalue weighted by atomic mass is 9.82. The van der Waals surface area contributed by atoms with Gasteiger partial charge in [-0.1, -0.05) is 29.8 Å². The van der Waals surface area contributed by atoms with Gasteiger partial charge in [-0.2, -0.15) is 4.31 Å². The summed E-state index contributed by atoms with van der Waals surface area (Å²) in [6, 6.07) is 8.09. The number of sulfonamides is 1. The van der Waals surface area contributed by atoms with Crippen LogP contribution in [0, 0.1) is 0 Å². The van der Waals surface area contributed by atoms with Crippen molar-refractivity contribution in [3.8, 4) is 5.75 Å². The Hall–Kier alpha value is -3.06. The van der Waals surface area contributed by atoms with Crippen LogP contribution in [-0.2, 0) is 24.3 Å². The van der Waals surface area contributed by atoms with Gasteiger partial charge in [0.2, 0.25) is 15.9 Å². The minimum Gasteiger partial charge on any atom is -0.501 e. The number of nitrogens with zero attached hydrogens (tertiary/aromatic N) is 1. The molecular weight excluding hydrogens is 561 g/mol. The first-order chi connectivity index (χ1) is 18.3. The Morgan fingerprint density at radius 2 is 1.90 bits per heavy atom. The second-order valence-corrected chi connectivity index (χ2v) is 11.2. The normalized spacial score (nSPS) is 20.2. The lowest BCUT2D eigenvalue weighted by molar-refractivity contribution is -0.274. The number of piperidine rings is 1. The maximum atomic E-state index is 14.0. The Kier molecular flexibility index (Phi) is 8.31. The number of amides is 1. The molecule has 1 fully saturated rings. The van der Waals surface area contributed by atoms with Gasteiger partial charge in [0.05, 0.1) is 34.9 Å². The number of hydrogen-bond donors (Lipinski definition) is 1. The van der Waals surface area contributed by atoms with Gasteiger partial charge in [-0.05, 0) is 47.9 Å². The van der Waals surface area contributed by atoms with Crippen molar-refractivity contribution in [2.45, 2.75) is 43.2 Å². The van der Waals surface area contributed by atoms with Gasteiger partial charge in [-0.15, -0.1) is 13.2 Å². The van der Waals surface area contributed by atoms with E-state index in [-0.39, 0.29) is 39.7 Å². The molecule has 2 aliphatic rings. The second kappa shape index (κ2) is 11.2. The van der Waals surface area contributed by atoms with Crippen molar-refractivity contribution in [2.75, 3.05) is 26.1 Å². The van der Waals surface area contributed by atoms with Crippen molar-refractivity contribution in [1.29, 1.82) is 0 Å². The first-order valence-electron chi connectivity index (χ1n) is 11.8. The zero-order valence-corrected chi connectivity index (χ0v) is 22.8. The van der Waals surface area contributed by atoms with Gasteiger partial charge in [-0.3, -0.25) is 4.79 Å². The zero-order valence-electron chi connectivity index (χ0n) is 21.2. The lowest BCUT2D eigenvalue weighted by Crippen LogP contribution is -2.42. The number of halogens is 4. The Morgan fingerprint density at radius 3 is 2.51 bits per heavy atom. The number of carbonyl (C=O) groups is 1. The molecular formula is C26H26ClF3N2O6S. The van der Waals surface area contributed by atoms with Gasteiger partial charge >= 0.3 is 6.36 Å². The van der Waals surface area contributed by atoms with Crippen molar-refractivity contribution in [3.63, 3.8) is 0 Å². The predicted molar refractivity (Wildman–Crippen MR) is 138 cm³/mol. The Bertz CT molecular complexity index is 1440. The molecule has 0 aromatic heterocycles. The largest absolute Gasteiger partial charge is 0.573 e. The van der Waals surface area contributed by atoms with Crippen LogP contribution < -0.4 is 10.1 Å². The monoisotopic (exact) mass is 586 g/mol. The summed E-state index contributed by atoms with van der Waals surface area (Å²) in [6.45, 7) is 1.31. The molecule has 0 bridgehead atoms. The highest BCUT2D eigenvalue weighted by atomic mass is 35.5. The SMILES string of the molecule is COC1=C2C(=CC(OC)C1)CCN(S(=O)(=O)c1ccc(NC(C)=O)c(Cl)c1)C2c1cccc(OC(F)(F)F)c1.